The molecule has 0 saturated heterocycles. The van der Waals surface area contributed by atoms with E-state index >= 15 is 0 Å². The summed E-state index contributed by atoms with van der Waals surface area (Å²) >= 11 is 12.7. The van der Waals surface area contributed by atoms with Gasteiger partial charge in [0, 0.05) is 55.7 Å². The Balaban J connectivity index is 1.57. The van der Waals surface area contributed by atoms with E-state index in [1.54, 1.807) is 26.2 Å². The highest BCUT2D eigenvalue weighted by Gasteiger charge is 2.26. The van der Waals surface area contributed by atoms with Gasteiger partial charge in [0.25, 0.3) is 5.91 Å². The van der Waals surface area contributed by atoms with Crippen LogP contribution in [0.5, 0.6) is 0 Å². The fourth-order valence-electron chi connectivity index (χ4n) is 3.18. The van der Waals surface area contributed by atoms with E-state index in [1.807, 2.05) is 19.2 Å². The number of thiocarbonyl (C=S) groups is 1. The average Bonchev–Trinajstić information content (AvgIpc) is 3.18. The van der Waals surface area contributed by atoms with Crippen LogP contribution in [0.25, 0.3) is 0 Å². The first-order chi connectivity index (χ1) is 15.2. The zero-order valence-corrected chi connectivity index (χ0v) is 20.7. The highest BCUT2D eigenvalue weighted by Crippen LogP contribution is 2.24. The predicted molar refractivity (Wildman–Crippen MR) is 133 cm³/mol. The maximum atomic E-state index is 12.8. The van der Waals surface area contributed by atoms with Gasteiger partial charge in [0.05, 0.1) is 17.2 Å². The number of likely N-dealkylation sites (N-methyl/N-ethyl adjacent to an activating group) is 2. The Hall–Kier alpha value is -2.27. The summed E-state index contributed by atoms with van der Waals surface area (Å²) in [5, 5.41) is 10.1. The Labute approximate surface area is 202 Å². The lowest BCUT2D eigenvalue weighted by Crippen LogP contribution is -2.52. The number of carbonyl (C=O) groups excluding carboxylic acids is 2. The number of hydrogen-bond donors (Lipinski definition) is 3. The number of benzene rings is 1. The molecule has 3 rings (SSSR count). The van der Waals surface area contributed by atoms with E-state index in [9.17, 15) is 9.59 Å². The van der Waals surface area contributed by atoms with Crippen LogP contribution in [-0.2, 0) is 17.8 Å². The third kappa shape index (κ3) is 6.61. The second-order valence-electron chi connectivity index (χ2n) is 7.80. The van der Waals surface area contributed by atoms with Crippen LogP contribution in [0, 0.1) is 0 Å². The van der Waals surface area contributed by atoms with Crippen LogP contribution >= 0.6 is 35.2 Å². The molecule has 2 amide bonds. The van der Waals surface area contributed by atoms with Crippen molar-refractivity contribution in [2.75, 3.05) is 46.1 Å². The van der Waals surface area contributed by atoms with Crippen molar-refractivity contribution in [1.29, 1.82) is 0 Å². The number of fused-ring (bicyclic) bond motifs is 1. The Kier molecular flexibility index (Phi) is 8.41. The van der Waals surface area contributed by atoms with Crippen LogP contribution in [0.1, 0.15) is 20.4 Å². The van der Waals surface area contributed by atoms with E-state index in [-0.39, 0.29) is 18.4 Å². The molecule has 0 bridgehead atoms. The lowest BCUT2D eigenvalue weighted by atomic mass is 10.2. The highest BCUT2D eigenvalue weighted by atomic mass is 35.5. The molecule has 2 heterocycles. The van der Waals surface area contributed by atoms with Gasteiger partial charge < -0.3 is 25.8 Å². The summed E-state index contributed by atoms with van der Waals surface area (Å²) in [7, 11) is 5.35. The minimum atomic E-state index is -0.769. The molecule has 0 aliphatic carbocycles. The number of carbonyl (C=O) groups is 2. The summed E-state index contributed by atoms with van der Waals surface area (Å²) < 4.78 is 0. The molecule has 1 atom stereocenters. The maximum Gasteiger partial charge on any atom is 0.280 e. The number of hydrogen-bond acceptors (Lipinski definition) is 7. The molecular weight excluding hydrogens is 468 g/mol. The standard InChI is InChI=1S/C21H27ClN6O2S2/c1-27(2)21(30)16(10-24-18(31)11-23-14-6-4-13(22)5-7-14)25-19(29)20-26-15-8-9-28(3)12-17(15)32-20/h4-7,16,23H,8-12H2,1-3H3,(H,24,31)(H,25,29). The van der Waals surface area contributed by atoms with Gasteiger partial charge in [-0.15, -0.1) is 11.3 Å². The Morgan fingerprint density at radius 3 is 2.72 bits per heavy atom. The molecule has 0 fully saturated rings. The van der Waals surface area contributed by atoms with Gasteiger partial charge in [-0.25, -0.2) is 4.98 Å². The van der Waals surface area contributed by atoms with E-state index < -0.39 is 6.04 Å². The lowest BCUT2D eigenvalue weighted by molar-refractivity contribution is -0.130. The smallest absolute Gasteiger partial charge is 0.280 e. The van der Waals surface area contributed by atoms with Gasteiger partial charge >= 0.3 is 0 Å². The first-order valence-electron chi connectivity index (χ1n) is 10.2. The summed E-state index contributed by atoms with van der Waals surface area (Å²) in [5.74, 6) is -0.570. The lowest BCUT2D eigenvalue weighted by Gasteiger charge is -2.22. The van der Waals surface area contributed by atoms with Gasteiger partial charge in [-0.1, -0.05) is 23.8 Å². The van der Waals surface area contributed by atoms with E-state index in [2.05, 4.69) is 25.8 Å². The summed E-state index contributed by atoms with van der Waals surface area (Å²) in [4.78, 5) is 35.3. The number of halogens is 1. The van der Waals surface area contributed by atoms with Gasteiger partial charge in [-0.2, -0.15) is 0 Å². The number of amides is 2. The molecule has 1 aromatic carbocycles. The van der Waals surface area contributed by atoms with Crippen molar-refractivity contribution in [3.05, 3.63) is 44.9 Å². The first-order valence-corrected chi connectivity index (χ1v) is 11.8. The first kappa shape index (κ1) is 24.4. The number of nitrogens with zero attached hydrogens (tertiary/aromatic N) is 3. The maximum absolute atomic E-state index is 12.8. The minimum absolute atomic E-state index is 0.178. The molecule has 0 spiro atoms. The molecule has 2 aromatic rings. The molecular formula is C21H27ClN6O2S2. The van der Waals surface area contributed by atoms with Crippen molar-refractivity contribution in [1.82, 2.24) is 25.4 Å². The summed E-state index contributed by atoms with van der Waals surface area (Å²) in [6.07, 6.45) is 0.826. The summed E-state index contributed by atoms with van der Waals surface area (Å²) in [6, 6.07) is 6.52. The number of anilines is 1. The number of thiazole rings is 1. The van der Waals surface area contributed by atoms with E-state index in [0.717, 1.165) is 35.8 Å². The van der Waals surface area contributed by atoms with Gasteiger partial charge in [0.15, 0.2) is 5.01 Å². The van der Waals surface area contributed by atoms with Crippen molar-refractivity contribution in [2.45, 2.75) is 19.0 Å². The second-order valence-corrected chi connectivity index (χ2v) is 9.81. The SMILES string of the molecule is CN1CCc2nc(C(=O)NC(CNC(=S)CNc3ccc(Cl)cc3)C(=O)N(C)C)sc2C1. The summed E-state index contributed by atoms with van der Waals surface area (Å²) in [6.45, 7) is 2.28. The number of rotatable bonds is 8. The number of nitrogens with one attached hydrogen (secondary N) is 3. The molecule has 1 aromatic heterocycles. The Morgan fingerprint density at radius 2 is 2.03 bits per heavy atom. The monoisotopic (exact) mass is 494 g/mol. The topological polar surface area (TPSA) is 89.6 Å². The van der Waals surface area contributed by atoms with E-state index in [0.29, 0.717) is 21.6 Å². The largest absolute Gasteiger partial charge is 0.379 e. The third-order valence-corrected chi connectivity index (χ3v) is 6.58. The molecule has 1 aliphatic heterocycles. The molecule has 1 unspecified atom stereocenters. The van der Waals surface area contributed by atoms with E-state index in [1.165, 1.54) is 16.2 Å². The van der Waals surface area contributed by atoms with Crippen molar-refractivity contribution in [3.63, 3.8) is 0 Å². The fourth-order valence-corrected chi connectivity index (χ4v) is 4.55. The zero-order chi connectivity index (χ0) is 23.3. The molecule has 11 heteroatoms. The molecule has 8 nitrogen and oxygen atoms in total. The third-order valence-electron chi connectivity index (χ3n) is 4.96. The number of aromatic nitrogens is 1. The molecule has 3 N–H and O–H groups in total. The quantitative estimate of drug-likeness (QED) is 0.483. The minimum Gasteiger partial charge on any atom is -0.379 e. The van der Waals surface area contributed by atoms with Gasteiger partial charge in [-0.3, -0.25) is 9.59 Å². The zero-order valence-electron chi connectivity index (χ0n) is 18.3. The van der Waals surface area contributed by atoms with Crippen molar-refractivity contribution < 1.29 is 9.59 Å². The van der Waals surface area contributed by atoms with Crippen LogP contribution in [0.15, 0.2) is 24.3 Å². The van der Waals surface area contributed by atoms with Crippen molar-refractivity contribution in [3.8, 4) is 0 Å². The van der Waals surface area contributed by atoms with Crippen LogP contribution in [-0.4, -0.2) is 78.4 Å². The van der Waals surface area contributed by atoms with Crippen LogP contribution in [0.4, 0.5) is 5.69 Å². The Morgan fingerprint density at radius 1 is 1.31 bits per heavy atom. The predicted octanol–water partition coefficient (Wildman–Crippen LogP) is 2.00. The van der Waals surface area contributed by atoms with Gasteiger partial charge in [-0.05, 0) is 31.3 Å². The molecule has 1 aliphatic rings. The summed E-state index contributed by atoms with van der Waals surface area (Å²) in [5.41, 5.74) is 1.85. The highest BCUT2D eigenvalue weighted by molar-refractivity contribution is 7.80. The second kappa shape index (κ2) is 11.0. The normalized spacial score (nSPS) is 14.2. The van der Waals surface area contributed by atoms with E-state index in [4.69, 9.17) is 23.8 Å². The van der Waals surface area contributed by atoms with Crippen LogP contribution in [0.3, 0.4) is 0 Å². The molecule has 32 heavy (non-hydrogen) atoms. The molecule has 172 valence electrons. The van der Waals surface area contributed by atoms with Crippen molar-refractivity contribution >= 4 is 57.6 Å². The van der Waals surface area contributed by atoms with Crippen LogP contribution < -0.4 is 16.0 Å². The van der Waals surface area contributed by atoms with Gasteiger partial charge in [0.2, 0.25) is 5.91 Å². The van der Waals surface area contributed by atoms with Crippen LogP contribution in [0.2, 0.25) is 5.02 Å². The molecule has 0 radical (unpaired) electrons. The molecule has 0 saturated carbocycles. The van der Waals surface area contributed by atoms with Gasteiger partial charge in [0.1, 0.15) is 6.04 Å². The Bertz CT molecular complexity index is 979. The fraction of sp³-hybridized carbons (Fsp3) is 0.429. The average molecular weight is 495 g/mol. The van der Waals surface area contributed by atoms with Crippen molar-refractivity contribution in [2.24, 2.45) is 0 Å².